The summed E-state index contributed by atoms with van der Waals surface area (Å²) in [6.45, 7) is 8.37. The van der Waals surface area contributed by atoms with E-state index in [0.717, 1.165) is 54.9 Å². The van der Waals surface area contributed by atoms with Crippen LogP contribution in [0.25, 0.3) is 11.1 Å². The zero-order chi connectivity index (χ0) is 17.5. The second-order valence-electron chi connectivity index (χ2n) is 5.84. The Hall–Kier alpha value is -2.14. The lowest BCUT2D eigenvalue weighted by molar-refractivity contribution is 0.1000. The molecule has 0 atom stereocenters. The molecule has 0 aliphatic heterocycles. The van der Waals surface area contributed by atoms with Crippen LogP contribution in [0.15, 0.2) is 24.5 Å². The molecule has 2 aromatic heterocycles. The molecule has 2 heterocycles. The first-order valence-corrected chi connectivity index (χ1v) is 8.61. The molecule has 1 amide bonds. The molecular formula is C19H27N3O2. The second-order valence-corrected chi connectivity index (χ2v) is 5.84. The summed E-state index contributed by atoms with van der Waals surface area (Å²) in [5.74, 6) is -0.382. The summed E-state index contributed by atoms with van der Waals surface area (Å²) in [6.07, 6.45) is 6.34. The van der Waals surface area contributed by atoms with Crippen molar-refractivity contribution in [2.24, 2.45) is 5.73 Å². The largest absolute Gasteiger partial charge is 0.382 e. The van der Waals surface area contributed by atoms with E-state index in [2.05, 4.69) is 16.5 Å². The van der Waals surface area contributed by atoms with Crippen molar-refractivity contribution in [2.45, 2.75) is 46.6 Å². The van der Waals surface area contributed by atoms with E-state index in [9.17, 15) is 4.79 Å². The van der Waals surface area contributed by atoms with Gasteiger partial charge in [-0.3, -0.25) is 9.78 Å². The molecule has 0 fully saturated rings. The van der Waals surface area contributed by atoms with Crippen molar-refractivity contribution in [1.29, 1.82) is 0 Å². The zero-order valence-electron chi connectivity index (χ0n) is 14.8. The highest BCUT2D eigenvalue weighted by molar-refractivity contribution is 6.02. The van der Waals surface area contributed by atoms with Crippen LogP contribution in [0.5, 0.6) is 0 Å². The molecule has 0 aliphatic rings. The number of carbonyl (C=O) groups excluding carboxylic acids is 1. The van der Waals surface area contributed by atoms with Crippen molar-refractivity contribution in [3.05, 3.63) is 41.5 Å². The third kappa shape index (κ3) is 3.85. The van der Waals surface area contributed by atoms with Gasteiger partial charge in [0, 0.05) is 54.7 Å². The maximum atomic E-state index is 12.1. The summed E-state index contributed by atoms with van der Waals surface area (Å²) >= 11 is 0. The predicted molar refractivity (Wildman–Crippen MR) is 96.0 cm³/mol. The number of carbonyl (C=O) groups is 1. The molecule has 0 unspecified atom stereocenters. The monoisotopic (exact) mass is 329 g/mol. The van der Waals surface area contributed by atoms with E-state index in [4.69, 9.17) is 10.5 Å². The Balaban J connectivity index is 2.52. The minimum atomic E-state index is -0.382. The number of aromatic nitrogens is 2. The Morgan fingerprint density at radius 1 is 1.38 bits per heavy atom. The average molecular weight is 329 g/mol. The van der Waals surface area contributed by atoms with Crippen LogP contribution in [-0.4, -0.2) is 28.7 Å². The maximum absolute atomic E-state index is 12.1. The quantitative estimate of drug-likeness (QED) is 0.717. The first kappa shape index (κ1) is 18.2. The van der Waals surface area contributed by atoms with Crippen LogP contribution in [0, 0.1) is 6.92 Å². The highest BCUT2D eigenvalue weighted by atomic mass is 16.5. The summed E-state index contributed by atoms with van der Waals surface area (Å²) < 4.78 is 7.68. The first-order chi connectivity index (χ1) is 11.6. The van der Waals surface area contributed by atoms with E-state index in [1.54, 1.807) is 12.4 Å². The van der Waals surface area contributed by atoms with Gasteiger partial charge in [0.25, 0.3) is 5.91 Å². The highest BCUT2D eigenvalue weighted by Crippen LogP contribution is 2.33. The van der Waals surface area contributed by atoms with Gasteiger partial charge < -0.3 is 15.0 Å². The molecule has 0 aliphatic carbocycles. The first-order valence-electron chi connectivity index (χ1n) is 8.61. The van der Waals surface area contributed by atoms with Crippen LogP contribution < -0.4 is 5.73 Å². The fourth-order valence-corrected chi connectivity index (χ4v) is 3.19. The molecule has 0 bridgehead atoms. The molecule has 0 radical (unpaired) electrons. The molecule has 0 saturated carbocycles. The Kier molecular flexibility index (Phi) is 6.55. The van der Waals surface area contributed by atoms with E-state index in [1.165, 1.54) is 0 Å². The van der Waals surface area contributed by atoms with Crippen LogP contribution in [0.3, 0.4) is 0 Å². The molecule has 0 spiro atoms. The van der Waals surface area contributed by atoms with Crippen LogP contribution in [0.1, 0.15) is 48.4 Å². The maximum Gasteiger partial charge on any atom is 0.251 e. The van der Waals surface area contributed by atoms with Crippen LogP contribution in [-0.2, 0) is 17.7 Å². The number of ether oxygens (including phenoxy) is 1. The molecule has 2 rings (SSSR count). The Bertz CT molecular complexity index is 678. The van der Waals surface area contributed by atoms with E-state index in [1.807, 2.05) is 26.0 Å². The van der Waals surface area contributed by atoms with Crippen molar-refractivity contribution in [3.8, 4) is 11.1 Å². The molecule has 2 aromatic rings. The van der Waals surface area contributed by atoms with Gasteiger partial charge in [-0.25, -0.2) is 0 Å². The normalized spacial score (nSPS) is 11.0. The predicted octanol–water partition coefficient (Wildman–Crippen LogP) is 3.34. The number of hydrogen-bond acceptors (Lipinski definition) is 3. The second kappa shape index (κ2) is 8.64. The van der Waals surface area contributed by atoms with Gasteiger partial charge in [-0.2, -0.15) is 0 Å². The molecule has 5 nitrogen and oxygen atoms in total. The van der Waals surface area contributed by atoms with Gasteiger partial charge in [-0.1, -0.05) is 19.4 Å². The summed E-state index contributed by atoms with van der Waals surface area (Å²) in [4.78, 5) is 16.3. The molecule has 130 valence electrons. The fourth-order valence-electron chi connectivity index (χ4n) is 3.19. The summed E-state index contributed by atoms with van der Waals surface area (Å²) in [7, 11) is 0. The Labute approximate surface area is 143 Å². The van der Waals surface area contributed by atoms with E-state index in [-0.39, 0.29) is 5.91 Å². The van der Waals surface area contributed by atoms with Gasteiger partial charge in [0.2, 0.25) is 0 Å². The lowest BCUT2D eigenvalue weighted by Gasteiger charge is -2.12. The van der Waals surface area contributed by atoms with E-state index in [0.29, 0.717) is 12.2 Å². The standard InChI is InChI=1S/C19H27N3O2/c1-4-8-16-18(15-9-6-10-21-13-15)17(19(20)23)14(3)22(16)11-7-12-24-5-2/h6,9-10,13H,4-5,7-8,11-12H2,1-3H3,(H2,20,23). The molecule has 24 heavy (non-hydrogen) atoms. The number of amides is 1. The number of hydrogen-bond donors (Lipinski definition) is 1. The Morgan fingerprint density at radius 3 is 2.75 bits per heavy atom. The van der Waals surface area contributed by atoms with E-state index < -0.39 is 0 Å². The van der Waals surface area contributed by atoms with Crippen LogP contribution >= 0.6 is 0 Å². The number of nitrogens with zero attached hydrogens (tertiary/aromatic N) is 2. The lowest BCUT2D eigenvalue weighted by Crippen LogP contribution is -2.14. The van der Waals surface area contributed by atoms with Crippen molar-refractivity contribution < 1.29 is 9.53 Å². The third-order valence-corrected chi connectivity index (χ3v) is 4.19. The summed E-state index contributed by atoms with van der Waals surface area (Å²) in [5, 5.41) is 0. The van der Waals surface area contributed by atoms with Crippen LogP contribution in [0.4, 0.5) is 0 Å². The minimum Gasteiger partial charge on any atom is -0.382 e. The minimum absolute atomic E-state index is 0.382. The molecule has 0 aromatic carbocycles. The van der Waals surface area contributed by atoms with Gasteiger partial charge in [-0.15, -0.1) is 0 Å². The molecule has 2 N–H and O–H groups in total. The number of rotatable bonds is 9. The van der Waals surface area contributed by atoms with Gasteiger partial charge >= 0.3 is 0 Å². The lowest BCUT2D eigenvalue weighted by atomic mass is 9.99. The topological polar surface area (TPSA) is 70.1 Å². The molecular weight excluding hydrogens is 302 g/mol. The molecule has 5 heteroatoms. The van der Waals surface area contributed by atoms with Crippen molar-refractivity contribution in [2.75, 3.05) is 13.2 Å². The number of pyridine rings is 1. The SMILES string of the molecule is CCCc1c(-c2cccnc2)c(C(N)=O)c(C)n1CCCOCC. The van der Waals surface area contributed by atoms with Gasteiger partial charge in [0.05, 0.1) is 5.56 Å². The third-order valence-electron chi connectivity index (χ3n) is 4.19. The summed E-state index contributed by atoms with van der Waals surface area (Å²) in [6, 6.07) is 3.87. The number of nitrogens with two attached hydrogens (primary N) is 1. The van der Waals surface area contributed by atoms with Crippen molar-refractivity contribution >= 4 is 5.91 Å². The van der Waals surface area contributed by atoms with Gasteiger partial charge in [0.15, 0.2) is 0 Å². The Morgan fingerprint density at radius 2 is 2.17 bits per heavy atom. The van der Waals surface area contributed by atoms with Gasteiger partial charge in [-0.05, 0) is 32.8 Å². The van der Waals surface area contributed by atoms with Crippen molar-refractivity contribution in [3.63, 3.8) is 0 Å². The van der Waals surface area contributed by atoms with Gasteiger partial charge in [0.1, 0.15) is 0 Å². The molecule has 0 saturated heterocycles. The fraction of sp³-hybridized carbons (Fsp3) is 0.474. The number of primary amides is 1. The average Bonchev–Trinajstić information content (AvgIpc) is 2.85. The zero-order valence-corrected chi connectivity index (χ0v) is 14.8. The van der Waals surface area contributed by atoms with Crippen LogP contribution in [0.2, 0.25) is 0 Å². The van der Waals surface area contributed by atoms with Crippen molar-refractivity contribution in [1.82, 2.24) is 9.55 Å². The summed E-state index contributed by atoms with van der Waals surface area (Å²) in [5.41, 5.74) is 10.3. The van der Waals surface area contributed by atoms with E-state index >= 15 is 0 Å². The smallest absolute Gasteiger partial charge is 0.251 e. The highest BCUT2D eigenvalue weighted by Gasteiger charge is 2.24.